The number of nitro groups is 1. The number of rotatable bonds is 43. The van der Waals surface area contributed by atoms with E-state index in [4.69, 9.17) is 63.2 Å². The van der Waals surface area contributed by atoms with Crippen molar-refractivity contribution >= 4 is 161 Å². The predicted octanol–water partition coefficient (Wildman–Crippen LogP) is 24.0. The average molecular weight is 2150 g/mol. The minimum atomic E-state index is -0.962. The van der Waals surface area contributed by atoms with Crippen molar-refractivity contribution in [2.45, 2.75) is 48.5 Å². The molecule has 149 heavy (non-hydrogen) atoms. The number of ether oxygens (including phenoxy) is 6. The lowest BCUT2D eigenvalue weighted by atomic mass is 10.00. The first kappa shape index (κ1) is 119. The van der Waals surface area contributed by atoms with Crippen LogP contribution in [0.25, 0.3) is 0 Å². The number of benzene rings is 12. The summed E-state index contributed by atoms with van der Waals surface area (Å²) in [5.74, 6) is -7.22. The van der Waals surface area contributed by atoms with Crippen LogP contribution in [0.15, 0.2) is 350 Å². The average Bonchev–Trinajstić information content (AvgIpc) is 0.802. The van der Waals surface area contributed by atoms with Crippen LogP contribution in [0.3, 0.4) is 0 Å². The predicted molar refractivity (Wildman–Crippen MR) is 577 cm³/mol. The van der Waals surface area contributed by atoms with E-state index in [1.807, 2.05) is 91.9 Å². The zero-order valence-electron chi connectivity index (χ0n) is 82.5. The molecule has 0 spiro atoms. The summed E-state index contributed by atoms with van der Waals surface area (Å²) in [5, 5.41) is 30.4. The molecule has 12 aromatic carbocycles. The van der Waals surface area contributed by atoms with E-state index in [2.05, 4.69) is 87.3 Å². The van der Waals surface area contributed by atoms with Crippen molar-refractivity contribution in [2.75, 3.05) is 111 Å². The Morgan fingerprint density at radius 3 is 0.899 bits per heavy atom. The van der Waals surface area contributed by atoms with Gasteiger partial charge in [0.25, 0.3) is 5.69 Å². The summed E-state index contributed by atoms with van der Waals surface area (Å²) in [4.78, 5) is 154. The van der Waals surface area contributed by atoms with E-state index >= 15 is 0 Å². The Balaban J connectivity index is 0.000000242. The Morgan fingerprint density at radius 2 is 0.557 bits per heavy atom. The van der Waals surface area contributed by atoms with E-state index in [1.165, 1.54) is 73.7 Å². The SMILES string of the molecule is C=C(C)C(=O)OCCNc1cc(C)ccc1C(=O)c1ccccc1.C=C(C)C(=O)OCCNc1ccc(Cl)cc1C(=O)c1c(F)cccc1F.C=C(C)C(=O)OCCNc1ccc(Cl)cc1C(=O)c1ccccc1.C=C(C)C(=O)OCCNc1ccc(Cl)cc1C(=O)c1ccccc1F.C=C(C)C(=O)OCCNc1ccc([N+](=O)[O-])cc1C(=O)c1ccccc1.C=C(C)C(=O)OCCNc1ccccc1C(=O)c1ccc(Br)cc1. The second kappa shape index (κ2) is 61.5. The van der Waals surface area contributed by atoms with Gasteiger partial charge in [-0.1, -0.05) is 218 Å². The summed E-state index contributed by atoms with van der Waals surface area (Å²) in [6.07, 6.45) is 0. The lowest BCUT2D eigenvalue weighted by molar-refractivity contribution is -0.384. The first-order valence-electron chi connectivity index (χ1n) is 45.7. The number of nitro benzene ring substituents is 1. The quantitative estimate of drug-likeness (QED) is 0.00393. The molecule has 772 valence electrons. The number of carbonyl (C=O) groups excluding carboxylic acids is 12. The van der Waals surface area contributed by atoms with Crippen LogP contribution in [0.2, 0.25) is 15.1 Å². The van der Waals surface area contributed by atoms with Gasteiger partial charge in [-0.3, -0.25) is 38.9 Å². The molecule has 0 atom stereocenters. The van der Waals surface area contributed by atoms with Gasteiger partial charge in [0.1, 0.15) is 57.1 Å². The molecule has 0 aromatic heterocycles. The number of para-hydroxylation sites is 1. The molecule has 27 nitrogen and oxygen atoms in total. The number of nitrogens with one attached hydrogen (secondary N) is 6. The van der Waals surface area contributed by atoms with E-state index in [0.717, 1.165) is 27.9 Å². The van der Waals surface area contributed by atoms with Crippen molar-refractivity contribution in [3.63, 3.8) is 0 Å². The maximum Gasteiger partial charge on any atom is 0.333 e. The molecule has 0 fully saturated rings. The fourth-order valence-corrected chi connectivity index (χ4v) is 13.5. The van der Waals surface area contributed by atoms with Crippen LogP contribution in [0, 0.1) is 34.5 Å². The monoisotopic (exact) mass is 2150 g/mol. The van der Waals surface area contributed by atoms with Gasteiger partial charge < -0.3 is 60.3 Å². The molecule has 0 saturated heterocycles. The lowest BCUT2D eigenvalue weighted by Crippen LogP contribution is -2.16. The highest BCUT2D eigenvalue weighted by Crippen LogP contribution is 2.32. The van der Waals surface area contributed by atoms with E-state index in [0.29, 0.717) is 125 Å². The Labute approximate surface area is 883 Å². The maximum absolute atomic E-state index is 13.9. The number of carbonyl (C=O) groups is 12. The third-order valence-corrected chi connectivity index (χ3v) is 21.5. The van der Waals surface area contributed by atoms with Gasteiger partial charge in [0.2, 0.25) is 5.78 Å². The number of hydrogen-bond donors (Lipinski definition) is 6. The van der Waals surface area contributed by atoms with Crippen molar-refractivity contribution in [1.29, 1.82) is 0 Å². The number of non-ortho nitro benzene ring substituents is 1. The van der Waals surface area contributed by atoms with Gasteiger partial charge in [0, 0.05) is 189 Å². The van der Waals surface area contributed by atoms with Crippen LogP contribution in [-0.2, 0) is 57.2 Å². The highest BCUT2D eigenvalue weighted by Gasteiger charge is 2.26. The minimum Gasteiger partial charge on any atom is -0.460 e. The zero-order chi connectivity index (χ0) is 109. The standard InChI is InChI=1S/C20H21NO3.C19H18BrNO3.C19H16ClF2NO3.C19H17ClFNO3.C19H18ClNO3.C19H18N2O5/c1-14(2)20(23)24-12-11-21-18-13-15(3)9-10-17(18)19(22)16-7-5-4-6-8-16;1-13(2)19(23)24-12-11-21-17-6-4-3-5-16(17)18(22)14-7-9-15(20)10-8-14;1-11(2)19(25)26-9-8-23-16-7-6-12(20)10-13(16)18(24)17-14(21)4-3-5-15(17)22;1-12(2)19(24)25-10-9-22-17-8-7-13(20)11-15(17)18(23)14-5-3-4-6-16(14)21;1-13(2)19(23)24-11-10-21-17-9-8-15(20)12-16(17)18(22)14-6-4-3-5-7-14;1-13(2)19(23)26-11-10-20-17-9-8-15(21(24)25)12-16(17)18(22)14-6-4-3-5-7-14/h4-10,13,21H,1,11-12H2,2-3H3;3-10,21H,1,11-12H2,2H3;3-7,10,23H,1,8-9H2,2H3;3-8,11,22H,1,9-10H2,2H3;3-9,12,21H,1,10-11H2,2H3;3-9,12,20H,1,10-11H2,2H3. The summed E-state index contributed by atoms with van der Waals surface area (Å²) in [7, 11) is 0. The number of anilines is 6. The smallest absolute Gasteiger partial charge is 0.333 e. The maximum atomic E-state index is 13.9. The topological polar surface area (TPSA) is 376 Å². The van der Waals surface area contributed by atoms with Gasteiger partial charge in [-0.15, -0.1) is 0 Å². The molecule has 0 aliphatic heterocycles. The Hall–Kier alpha value is -16.7. The fourth-order valence-electron chi connectivity index (χ4n) is 12.7. The second-order valence-electron chi connectivity index (χ2n) is 32.4. The van der Waals surface area contributed by atoms with E-state index < -0.39 is 75.3 Å². The van der Waals surface area contributed by atoms with Crippen molar-refractivity contribution in [1.82, 2.24) is 0 Å². The van der Waals surface area contributed by atoms with Crippen LogP contribution < -0.4 is 31.9 Å². The fraction of sp³-hybridized carbons (Fsp3) is 0.165. The van der Waals surface area contributed by atoms with Gasteiger partial charge in [0.15, 0.2) is 28.9 Å². The summed E-state index contributed by atoms with van der Waals surface area (Å²) < 4.78 is 72.6. The van der Waals surface area contributed by atoms with Gasteiger partial charge in [-0.05, 0) is 187 Å². The van der Waals surface area contributed by atoms with Gasteiger partial charge in [0.05, 0.1) is 21.6 Å². The first-order valence-corrected chi connectivity index (χ1v) is 47.6. The molecule has 0 bridgehead atoms. The number of aryl methyl sites for hydroxylation is 1. The van der Waals surface area contributed by atoms with Gasteiger partial charge in [-0.2, -0.15) is 0 Å². The molecule has 0 unspecified atom stereocenters. The molecule has 6 N–H and O–H groups in total. The molecule has 0 aliphatic rings. The van der Waals surface area contributed by atoms with Crippen LogP contribution in [0.5, 0.6) is 0 Å². The summed E-state index contributed by atoms with van der Waals surface area (Å²) in [5.41, 5.74) is 9.72. The van der Waals surface area contributed by atoms with Crippen molar-refractivity contribution < 1.29 is 104 Å². The molecule has 12 rings (SSSR count). The number of halogens is 7. The van der Waals surface area contributed by atoms with Crippen LogP contribution in [-0.4, -0.2) is 154 Å². The normalized spacial score (nSPS) is 10.1. The second-order valence-corrected chi connectivity index (χ2v) is 34.6. The number of ketones is 6. The van der Waals surface area contributed by atoms with Crippen LogP contribution in [0.1, 0.15) is 143 Å². The van der Waals surface area contributed by atoms with Crippen LogP contribution in [0.4, 0.5) is 53.0 Å². The first-order chi connectivity index (χ1) is 71.1. The van der Waals surface area contributed by atoms with Crippen molar-refractivity contribution in [3.05, 3.63) is 465 Å². The number of hydrogen-bond acceptors (Lipinski definition) is 26. The lowest BCUT2D eigenvalue weighted by Gasteiger charge is -2.13. The molecule has 0 aliphatic carbocycles. The number of esters is 6. The molecular formula is C115H108BrCl3F3N7O20. The van der Waals surface area contributed by atoms with Gasteiger partial charge >= 0.3 is 35.8 Å². The Bertz CT molecular complexity index is 6890. The summed E-state index contributed by atoms with van der Waals surface area (Å²) in [6, 6.07) is 73.8. The van der Waals surface area contributed by atoms with E-state index in [1.54, 1.807) is 144 Å². The molecule has 12 aromatic rings. The molecule has 0 saturated carbocycles. The zero-order valence-corrected chi connectivity index (χ0v) is 86.3. The highest BCUT2D eigenvalue weighted by molar-refractivity contribution is 9.10. The molecular weight excluding hydrogens is 2040 g/mol. The Kier molecular flexibility index (Phi) is 49.2. The Morgan fingerprint density at radius 1 is 0.289 bits per heavy atom. The summed E-state index contributed by atoms with van der Waals surface area (Å²) in [6.45, 7) is 35.1. The molecule has 0 radical (unpaired) electrons. The van der Waals surface area contributed by atoms with E-state index in [-0.39, 0.29) is 121 Å². The third kappa shape index (κ3) is 39.3. The number of nitrogens with zero attached hydrogens (tertiary/aromatic N) is 1. The minimum absolute atomic E-state index is 0.00716. The van der Waals surface area contributed by atoms with E-state index in [9.17, 15) is 80.8 Å². The van der Waals surface area contributed by atoms with Crippen molar-refractivity contribution in [3.8, 4) is 0 Å². The molecule has 0 heterocycles. The largest absolute Gasteiger partial charge is 0.460 e. The van der Waals surface area contributed by atoms with Crippen LogP contribution >= 0.6 is 50.7 Å². The third-order valence-electron chi connectivity index (χ3n) is 20.2. The summed E-state index contributed by atoms with van der Waals surface area (Å²) >= 11 is 21.3. The molecule has 0 amide bonds. The molecule has 34 heteroatoms. The van der Waals surface area contributed by atoms with Crippen molar-refractivity contribution in [2.24, 2.45) is 0 Å². The van der Waals surface area contributed by atoms with Gasteiger partial charge in [-0.25, -0.2) is 41.9 Å². The highest BCUT2D eigenvalue weighted by atomic mass is 79.9.